The van der Waals surface area contributed by atoms with Crippen LogP contribution in [0.25, 0.3) is 0 Å². The number of hydrogen-bond donors (Lipinski definition) is 1. The van der Waals surface area contributed by atoms with Crippen LogP contribution in [0.2, 0.25) is 0 Å². The second-order valence-corrected chi connectivity index (χ2v) is 6.93. The van der Waals surface area contributed by atoms with Crippen molar-refractivity contribution < 1.29 is 0 Å². The summed E-state index contributed by atoms with van der Waals surface area (Å²) in [5, 5.41) is 4.68. The third-order valence-electron chi connectivity index (χ3n) is 2.79. The fourth-order valence-electron chi connectivity index (χ4n) is 1.75. The molecule has 0 spiro atoms. The number of aromatic nitrogens is 2. The molecule has 0 bridgehead atoms. The molecule has 0 saturated carbocycles. The minimum atomic E-state index is 0.139. The SMILES string of the molecule is Cc1nc(Cc2cccnc2)sc1CNC(C)(C)C. The van der Waals surface area contributed by atoms with Gasteiger partial charge in [-0.05, 0) is 39.3 Å². The van der Waals surface area contributed by atoms with Crippen molar-refractivity contribution in [1.29, 1.82) is 0 Å². The van der Waals surface area contributed by atoms with Gasteiger partial charge in [-0.25, -0.2) is 4.98 Å². The highest BCUT2D eigenvalue weighted by Gasteiger charge is 2.12. The molecule has 3 nitrogen and oxygen atoms in total. The fourth-order valence-corrected chi connectivity index (χ4v) is 2.79. The summed E-state index contributed by atoms with van der Waals surface area (Å²) in [7, 11) is 0. The van der Waals surface area contributed by atoms with Crippen molar-refractivity contribution in [1.82, 2.24) is 15.3 Å². The van der Waals surface area contributed by atoms with E-state index >= 15 is 0 Å². The summed E-state index contributed by atoms with van der Waals surface area (Å²) in [4.78, 5) is 10.1. The summed E-state index contributed by atoms with van der Waals surface area (Å²) in [5.41, 5.74) is 2.49. The van der Waals surface area contributed by atoms with Crippen molar-refractivity contribution in [3.8, 4) is 0 Å². The van der Waals surface area contributed by atoms with Crippen molar-refractivity contribution >= 4 is 11.3 Å². The minimum Gasteiger partial charge on any atom is -0.307 e. The monoisotopic (exact) mass is 275 g/mol. The van der Waals surface area contributed by atoms with E-state index in [1.54, 1.807) is 17.5 Å². The fraction of sp³-hybridized carbons (Fsp3) is 0.467. The smallest absolute Gasteiger partial charge is 0.0975 e. The third-order valence-corrected chi connectivity index (χ3v) is 3.95. The van der Waals surface area contributed by atoms with Crippen molar-refractivity contribution in [3.05, 3.63) is 45.7 Å². The molecule has 0 aromatic carbocycles. The molecule has 2 aromatic rings. The van der Waals surface area contributed by atoms with E-state index < -0.39 is 0 Å². The largest absolute Gasteiger partial charge is 0.307 e. The van der Waals surface area contributed by atoms with E-state index in [0.29, 0.717) is 0 Å². The highest BCUT2D eigenvalue weighted by molar-refractivity contribution is 7.11. The predicted octanol–water partition coefficient (Wildman–Crippen LogP) is 3.33. The van der Waals surface area contributed by atoms with Crippen molar-refractivity contribution in [2.45, 2.75) is 46.2 Å². The van der Waals surface area contributed by atoms with Crippen molar-refractivity contribution in [2.24, 2.45) is 0 Å². The zero-order chi connectivity index (χ0) is 13.9. The first-order valence-electron chi connectivity index (χ1n) is 6.53. The highest BCUT2D eigenvalue weighted by Crippen LogP contribution is 2.21. The lowest BCUT2D eigenvalue weighted by molar-refractivity contribution is 0.425. The topological polar surface area (TPSA) is 37.8 Å². The summed E-state index contributed by atoms with van der Waals surface area (Å²) in [5.74, 6) is 0. The van der Waals surface area contributed by atoms with Crippen LogP contribution in [-0.4, -0.2) is 15.5 Å². The molecule has 0 aliphatic carbocycles. The molecule has 0 unspecified atom stereocenters. The quantitative estimate of drug-likeness (QED) is 0.930. The van der Waals surface area contributed by atoms with E-state index in [4.69, 9.17) is 0 Å². The van der Waals surface area contributed by atoms with Gasteiger partial charge in [0.2, 0.25) is 0 Å². The molecule has 4 heteroatoms. The van der Waals surface area contributed by atoms with Gasteiger partial charge in [-0.1, -0.05) is 6.07 Å². The maximum absolute atomic E-state index is 4.66. The number of pyridine rings is 1. The Balaban J connectivity index is 2.04. The molecular formula is C15H21N3S. The van der Waals surface area contributed by atoms with E-state index in [-0.39, 0.29) is 5.54 Å². The maximum atomic E-state index is 4.66. The molecule has 1 N–H and O–H groups in total. The Labute approximate surface area is 119 Å². The van der Waals surface area contributed by atoms with E-state index in [2.05, 4.69) is 49.0 Å². The molecule has 2 heterocycles. The lowest BCUT2D eigenvalue weighted by Gasteiger charge is -2.19. The Hall–Kier alpha value is -1.26. The van der Waals surface area contributed by atoms with Crippen LogP contribution in [-0.2, 0) is 13.0 Å². The molecule has 0 fully saturated rings. The lowest BCUT2D eigenvalue weighted by atomic mass is 10.1. The lowest BCUT2D eigenvalue weighted by Crippen LogP contribution is -2.34. The van der Waals surface area contributed by atoms with Crippen LogP contribution in [0.1, 0.15) is 41.9 Å². The van der Waals surface area contributed by atoms with Gasteiger partial charge in [0.05, 0.1) is 10.7 Å². The maximum Gasteiger partial charge on any atom is 0.0975 e. The van der Waals surface area contributed by atoms with Gasteiger partial charge in [0.15, 0.2) is 0 Å². The summed E-state index contributed by atoms with van der Waals surface area (Å²) in [6.45, 7) is 9.52. The molecule has 0 aliphatic rings. The van der Waals surface area contributed by atoms with Gasteiger partial charge in [0.1, 0.15) is 0 Å². The average molecular weight is 275 g/mol. The zero-order valence-electron chi connectivity index (χ0n) is 12.0. The standard InChI is InChI=1S/C15H21N3S/c1-11-13(10-17-15(2,3)4)19-14(18-11)8-12-6-5-7-16-9-12/h5-7,9,17H,8,10H2,1-4H3. The van der Waals surface area contributed by atoms with Crippen LogP contribution in [0.5, 0.6) is 0 Å². The first kappa shape index (κ1) is 14.2. The highest BCUT2D eigenvalue weighted by atomic mass is 32.1. The Morgan fingerprint density at radius 2 is 2.11 bits per heavy atom. The molecule has 2 rings (SSSR count). The molecule has 102 valence electrons. The number of hydrogen-bond acceptors (Lipinski definition) is 4. The average Bonchev–Trinajstić information content (AvgIpc) is 2.67. The summed E-state index contributed by atoms with van der Waals surface area (Å²) in [6, 6.07) is 4.06. The molecule has 0 atom stereocenters. The number of nitrogens with zero attached hydrogens (tertiary/aromatic N) is 2. The van der Waals surface area contributed by atoms with Crippen LogP contribution in [0.15, 0.2) is 24.5 Å². The van der Waals surface area contributed by atoms with Gasteiger partial charge in [-0.3, -0.25) is 4.98 Å². The second-order valence-electron chi connectivity index (χ2n) is 5.76. The molecule has 0 radical (unpaired) electrons. The first-order chi connectivity index (χ1) is 8.94. The first-order valence-corrected chi connectivity index (χ1v) is 7.35. The van der Waals surface area contributed by atoms with Crippen LogP contribution in [0.3, 0.4) is 0 Å². The normalized spacial score (nSPS) is 11.8. The van der Waals surface area contributed by atoms with Gasteiger partial charge in [-0.2, -0.15) is 0 Å². The van der Waals surface area contributed by atoms with Crippen LogP contribution in [0, 0.1) is 6.92 Å². The van der Waals surface area contributed by atoms with Crippen LogP contribution >= 0.6 is 11.3 Å². The van der Waals surface area contributed by atoms with E-state index in [9.17, 15) is 0 Å². The molecular weight excluding hydrogens is 254 g/mol. The van der Waals surface area contributed by atoms with Gasteiger partial charge in [-0.15, -0.1) is 11.3 Å². The zero-order valence-corrected chi connectivity index (χ0v) is 12.8. The van der Waals surface area contributed by atoms with Crippen molar-refractivity contribution in [2.75, 3.05) is 0 Å². The molecule has 0 aliphatic heterocycles. The molecule has 0 saturated heterocycles. The summed E-state index contributed by atoms with van der Waals surface area (Å²) < 4.78 is 0. The Bertz CT molecular complexity index is 526. The molecule has 2 aromatic heterocycles. The van der Waals surface area contributed by atoms with Gasteiger partial charge in [0, 0.05) is 35.8 Å². The van der Waals surface area contributed by atoms with Crippen molar-refractivity contribution in [3.63, 3.8) is 0 Å². The Morgan fingerprint density at radius 1 is 1.32 bits per heavy atom. The molecule has 0 amide bonds. The summed E-state index contributed by atoms with van der Waals surface area (Å²) >= 11 is 1.79. The third kappa shape index (κ3) is 4.40. The van der Waals surface area contributed by atoms with Gasteiger partial charge >= 0.3 is 0 Å². The van der Waals surface area contributed by atoms with E-state index in [1.807, 2.05) is 12.3 Å². The number of rotatable bonds is 4. The summed E-state index contributed by atoms with van der Waals surface area (Å²) in [6.07, 6.45) is 4.58. The minimum absolute atomic E-state index is 0.139. The number of aryl methyl sites for hydroxylation is 1. The predicted molar refractivity (Wildman–Crippen MR) is 80.5 cm³/mol. The molecule has 19 heavy (non-hydrogen) atoms. The number of thiazole rings is 1. The van der Waals surface area contributed by atoms with Crippen LogP contribution in [0.4, 0.5) is 0 Å². The second kappa shape index (κ2) is 5.80. The van der Waals surface area contributed by atoms with E-state index in [0.717, 1.165) is 23.7 Å². The van der Waals surface area contributed by atoms with Gasteiger partial charge in [0.25, 0.3) is 0 Å². The van der Waals surface area contributed by atoms with E-state index in [1.165, 1.54) is 10.4 Å². The van der Waals surface area contributed by atoms with Gasteiger partial charge < -0.3 is 5.32 Å². The Kier molecular flexibility index (Phi) is 4.32. The van der Waals surface area contributed by atoms with Crippen LogP contribution < -0.4 is 5.32 Å². The number of nitrogens with one attached hydrogen (secondary N) is 1. The Morgan fingerprint density at radius 3 is 2.74 bits per heavy atom.